The average Bonchev–Trinajstić information content (AvgIpc) is 3.00. The van der Waals surface area contributed by atoms with Gasteiger partial charge in [0.25, 0.3) is 5.91 Å². The highest BCUT2D eigenvalue weighted by Gasteiger charge is 2.59. The fraction of sp³-hybridized carbons (Fsp3) is 0.375. The van der Waals surface area contributed by atoms with Crippen LogP contribution in [0.2, 0.25) is 5.02 Å². The maximum atomic E-state index is 12.9. The van der Waals surface area contributed by atoms with Gasteiger partial charge in [0.05, 0.1) is 16.3 Å². The number of likely N-dealkylation sites (N-methyl/N-ethyl adjacent to an activating group) is 1. The molecule has 1 spiro atoms. The minimum atomic E-state index is -1.08. The van der Waals surface area contributed by atoms with E-state index in [1.165, 1.54) is 11.0 Å². The molecule has 0 radical (unpaired) electrons. The van der Waals surface area contributed by atoms with Crippen molar-refractivity contribution in [2.75, 3.05) is 11.9 Å². The molecule has 1 heterocycles. The zero-order valence-electron chi connectivity index (χ0n) is 12.7. The topological polar surface area (TPSA) is 81.5 Å². The number of halogens is 1. The van der Waals surface area contributed by atoms with E-state index in [1.54, 1.807) is 20.0 Å². The van der Waals surface area contributed by atoms with E-state index in [9.17, 15) is 14.4 Å². The number of carbonyl (C=O) groups is 3. The molecule has 2 fully saturated rings. The first-order valence-corrected chi connectivity index (χ1v) is 7.54. The maximum Gasteiger partial charge on any atom is 0.332 e. The van der Waals surface area contributed by atoms with Crippen molar-refractivity contribution in [3.05, 3.63) is 28.3 Å². The van der Waals surface area contributed by atoms with Crippen LogP contribution in [-0.4, -0.2) is 35.2 Å². The number of hydrogen-bond donors (Lipinski definition) is 0. The summed E-state index contributed by atoms with van der Waals surface area (Å²) in [6, 6.07) is 4.51. The van der Waals surface area contributed by atoms with Gasteiger partial charge in [-0.3, -0.25) is 9.59 Å². The van der Waals surface area contributed by atoms with Gasteiger partial charge in [-0.05, 0) is 31.0 Å². The van der Waals surface area contributed by atoms with Crippen LogP contribution in [0.5, 0.6) is 0 Å². The predicted octanol–water partition coefficient (Wildman–Crippen LogP) is 2.41. The second-order valence-electron chi connectivity index (χ2n) is 5.91. The molecule has 0 bridgehead atoms. The van der Waals surface area contributed by atoms with Gasteiger partial charge in [-0.25, -0.2) is 9.69 Å². The van der Waals surface area contributed by atoms with Gasteiger partial charge in [0.15, 0.2) is 0 Å². The van der Waals surface area contributed by atoms with Crippen molar-refractivity contribution in [2.24, 2.45) is 0 Å². The minimum absolute atomic E-state index is 0.0190. The summed E-state index contributed by atoms with van der Waals surface area (Å²) in [5.74, 6) is -0.422. The molecule has 1 aromatic carbocycles. The zero-order valence-corrected chi connectivity index (χ0v) is 13.5. The molecule has 23 heavy (non-hydrogen) atoms. The Morgan fingerprint density at radius 2 is 2.00 bits per heavy atom. The fourth-order valence-corrected chi connectivity index (χ4v) is 3.51. The molecule has 3 rings (SSSR count). The number of ketones is 1. The molecule has 1 saturated carbocycles. The Bertz CT molecular complexity index is 798. The Balaban J connectivity index is 2.10. The van der Waals surface area contributed by atoms with Crippen LogP contribution >= 0.6 is 11.6 Å². The van der Waals surface area contributed by atoms with Crippen molar-refractivity contribution in [1.82, 2.24) is 4.90 Å². The molecule has 2 aliphatic rings. The van der Waals surface area contributed by atoms with Crippen molar-refractivity contribution in [2.45, 2.75) is 31.7 Å². The van der Waals surface area contributed by atoms with Crippen LogP contribution in [0.1, 0.15) is 30.4 Å². The van der Waals surface area contributed by atoms with Gasteiger partial charge >= 0.3 is 6.03 Å². The molecular formula is C16H14ClN3O3. The Morgan fingerprint density at radius 3 is 2.57 bits per heavy atom. The summed E-state index contributed by atoms with van der Waals surface area (Å²) in [5, 5.41) is 9.23. The second-order valence-corrected chi connectivity index (χ2v) is 6.29. The molecule has 1 aromatic rings. The summed E-state index contributed by atoms with van der Waals surface area (Å²) in [4.78, 5) is 39.6. The molecule has 0 aromatic heterocycles. The largest absolute Gasteiger partial charge is 0.332 e. The van der Waals surface area contributed by atoms with Gasteiger partial charge < -0.3 is 4.90 Å². The van der Waals surface area contributed by atoms with Crippen LogP contribution in [-0.2, 0) is 9.59 Å². The van der Waals surface area contributed by atoms with Crippen LogP contribution in [0.3, 0.4) is 0 Å². The number of amides is 3. The van der Waals surface area contributed by atoms with Gasteiger partial charge in [0, 0.05) is 19.9 Å². The summed E-state index contributed by atoms with van der Waals surface area (Å²) >= 11 is 6.14. The fourth-order valence-electron chi connectivity index (χ4n) is 3.31. The number of carbonyl (C=O) groups excluding carboxylic acids is 3. The van der Waals surface area contributed by atoms with Crippen molar-refractivity contribution in [3.8, 4) is 6.07 Å². The highest BCUT2D eigenvalue weighted by Crippen LogP contribution is 2.42. The lowest BCUT2D eigenvalue weighted by atomic mass is 9.96. The molecule has 1 aliphatic heterocycles. The first-order valence-electron chi connectivity index (χ1n) is 7.17. The number of rotatable bonds is 1. The van der Waals surface area contributed by atoms with Crippen LogP contribution in [0, 0.1) is 18.3 Å². The lowest BCUT2D eigenvalue weighted by Crippen LogP contribution is -2.45. The Morgan fingerprint density at radius 1 is 1.30 bits per heavy atom. The molecule has 1 aliphatic carbocycles. The van der Waals surface area contributed by atoms with Crippen LogP contribution in [0.15, 0.2) is 12.1 Å². The molecule has 1 saturated heterocycles. The third-order valence-corrected chi connectivity index (χ3v) is 5.23. The summed E-state index contributed by atoms with van der Waals surface area (Å²) in [5.41, 5.74) is 0.0430. The van der Waals surface area contributed by atoms with E-state index < -0.39 is 17.5 Å². The summed E-state index contributed by atoms with van der Waals surface area (Å²) in [6.07, 6.45) is 0.685. The molecule has 6 nitrogen and oxygen atoms in total. The number of Topliss-reactive ketones (excluding diaryl/α,β-unsaturated/α-hetero) is 1. The highest BCUT2D eigenvalue weighted by atomic mass is 35.5. The number of nitrogens with zero attached hydrogens (tertiary/aromatic N) is 3. The lowest BCUT2D eigenvalue weighted by molar-refractivity contribution is -0.126. The van der Waals surface area contributed by atoms with E-state index in [0.29, 0.717) is 24.1 Å². The second kappa shape index (κ2) is 5.07. The first-order chi connectivity index (χ1) is 10.8. The Hall–Kier alpha value is -2.39. The number of imide groups is 1. The van der Waals surface area contributed by atoms with E-state index in [2.05, 4.69) is 0 Å². The number of urea groups is 1. The maximum absolute atomic E-state index is 12.9. The van der Waals surface area contributed by atoms with Gasteiger partial charge in [-0.2, -0.15) is 5.26 Å². The number of hydrogen-bond acceptors (Lipinski definition) is 4. The zero-order chi connectivity index (χ0) is 16.9. The standard InChI is InChI=1S/C16H14ClN3O3/c1-9-12(4-3-10(8-18)13(9)17)20-14(22)16(19(2)15(20)23)6-5-11(21)7-16/h3-4H,5-7H2,1-2H3/t16-/m1/s1. The minimum Gasteiger partial charge on any atom is -0.312 e. The first kappa shape index (κ1) is 15.5. The summed E-state index contributed by atoms with van der Waals surface area (Å²) < 4.78 is 0. The molecule has 0 N–H and O–H groups in total. The molecular weight excluding hydrogens is 318 g/mol. The summed E-state index contributed by atoms with van der Waals surface area (Å²) in [7, 11) is 1.54. The van der Waals surface area contributed by atoms with Crippen molar-refractivity contribution in [1.29, 1.82) is 5.26 Å². The quantitative estimate of drug-likeness (QED) is 0.740. The monoisotopic (exact) mass is 331 g/mol. The van der Waals surface area contributed by atoms with Crippen molar-refractivity contribution >= 4 is 35.0 Å². The van der Waals surface area contributed by atoms with Gasteiger partial charge in [-0.1, -0.05) is 11.6 Å². The number of nitriles is 1. The third-order valence-electron chi connectivity index (χ3n) is 4.75. The molecule has 1 atom stereocenters. The highest BCUT2D eigenvalue weighted by molar-refractivity contribution is 6.33. The smallest absolute Gasteiger partial charge is 0.312 e. The lowest BCUT2D eigenvalue weighted by Gasteiger charge is -2.26. The van der Waals surface area contributed by atoms with Crippen LogP contribution < -0.4 is 4.90 Å². The normalized spacial score (nSPS) is 24.0. The SMILES string of the molecule is Cc1c(N2C(=O)N(C)[C@@]3(CCC(=O)C3)C2=O)ccc(C#N)c1Cl. The number of anilines is 1. The molecule has 3 amide bonds. The van der Waals surface area contributed by atoms with E-state index in [0.717, 1.165) is 4.90 Å². The van der Waals surface area contributed by atoms with E-state index in [1.807, 2.05) is 6.07 Å². The van der Waals surface area contributed by atoms with Crippen LogP contribution in [0.25, 0.3) is 0 Å². The Kier molecular flexibility index (Phi) is 3.42. The van der Waals surface area contributed by atoms with Crippen LogP contribution in [0.4, 0.5) is 10.5 Å². The van der Waals surface area contributed by atoms with Crippen molar-refractivity contribution in [3.63, 3.8) is 0 Å². The van der Waals surface area contributed by atoms with Gasteiger partial charge in [-0.15, -0.1) is 0 Å². The van der Waals surface area contributed by atoms with Crippen molar-refractivity contribution < 1.29 is 14.4 Å². The average molecular weight is 332 g/mol. The molecule has 7 heteroatoms. The van der Waals surface area contributed by atoms with E-state index in [4.69, 9.17) is 16.9 Å². The van der Waals surface area contributed by atoms with Gasteiger partial charge in [0.2, 0.25) is 0 Å². The third kappa shape index (κ3) is 1.97. The molecule has 118 valence electrons. The van der Waals surface area contributed by atoms with E-state index >= 15 is 0 Å². The van der Waals surface area contributed by atoms with Gasteiger partial charge in [0.1, 0.15) is 17.4 Å². The predicted molar refractivity (Wildman–Crippen MR) is 83.1 cm³/mol. The number of benzene rings is 1. The summed E-state index contributed by atoms with van der Waals surface area (Å²) in [6.45, 7) is 1.66. The molecule has 0 unspecified atom stereocenters. The van der Waals surface area contributed by atoms with E-state index in [-0.39, 0.29) is 22.8 Å². The Labute approximate surface area is 138 Å².